The van der Waals surface area contributed by atoms with Crippen LogP contribution in [0.1, 0.15) is 24.8 Å². The zero-order chi connectivity index (χ0) is 29.2. The van der Waals surface area contributed by atoms with Crippen molar-refractivity contribution in [3.63, 3.8) is 0 Å². The van der Waals surface area contributed by atoms with E-state index in [1.54, 1.807) is 30.3 Å². The first-order chi connectivity index (χ1) is 19.1. The van der Waals surface area contributed by atoms with Crippen molar-refractivity contribution in [1.82, 2.24) is 10.3 Å². The van der Waals surface area contributed by atoms with Crippen LogP contribution in [-0.4, -0.2) is 46.3 Å². The zero-order valence-electron chi connectivity index (χ0n) is 21.5. The molecule has 40 heavy (non-hydrogen) atoms. The van der Waals surface area contributed by atoms with Crippen molar-refractivity contribution in [3.8, 4) is 11.1 Å². The Bertz CT molecular complexity index is 1350. The SMILES string of the molecule is N=C(N)N(CCCC(N)C(=O)O)C(=O)CC(=O)N(NCc1cc(Cl)cc(Cl)c1)c1ccccc1-c1ccccc1. The number of benzene rings is 3. The number of carboxylic acids is 1. The number of hydrazine groups is 1. The molecule has 210 valence electrons. The van der Waals surface area contributed by atoms with Gasteiger partial charge in [-0.15, -0.1) is 0 Å². The normalized spacial score (nSPS) is 11.5. The second-order valence-electron chi connectivity index (χ2n) is 8.92. The minimum atomic E-state index is -1.17. The fourth-order valence-electron chi connectivity index (χ4n) is 4.00. The first-order valence-electron chi connectivity index (χ1n) is 12.4. The third-order valence-corrected chi connectivity index (χ3v) is 6.39. The highest BCUT2D eigenvalue weighted by Crippen LogP contribution is 2.30. The average Bonchev–Trinajstić information content (AvgIpc) is 2.91. The quantitative estimate of drug-likeness (QED) is 0.0927. The minimum absolute atomic E-state index is 0.0581. The van der Waals surface area contributed by atoms with Gasteiger partial charge in [-0.05, 0) is 48.2 Å². The van der Waals surface area contributed by atoms with E-state index in [0.29, 0.717) is 21.3 Å². The average molecular weight is 585 g/mol. The topological polar surface area (TPSA) is 166 Å². The lowest BCUT2D eigenvalue weighted by molar-refractivity contribution is -0.138. The number of hydrogen-bond donors (Lipinski definition) is 5. The molecule has 3 aromatic rings. The fraction of sp³-hybridized carbons (Fsp3) is 0.214. The van der Waals surface area contributed by atoms with Crippen molar-refractivity contribution in [2.75, 3.05) is 11.6 Å². The first kappa shape index (κ1) is 30.6. The van der Waals surface area contributed by atoms with E-state index in [9.17, 15) is 14.4 Å². The molecule has 1 atom stereocenters. The Labute approximate surface area is 241 Å². The van der Waals surface area contributed by atoms with Gasteiger partial charge in [-0.3, -0.25) is 24.7 Å². The third-order valence-electron chi connectivity index (χ3n) is 5.95. The molecule has 0 fully saturated rings. The van der Waals surface area contributed by atoms with Crippen LogP contribution in [0.15, 0.2) is 72.8 Å². The second-order valence-corrected chi connectivity index (χ2v) is 9.79. The number of nitrogens with zero attached hydrogens (tertiary/aromatic N) is 2. The van der Waals surface area contributed by atoms with Crippen molar-refractivity contribution in [2.24, 2.45) is 11.5 Å². The highest BCUT2D eigenvalue weighted by molar-refractivity contribution is 6.34. The molecule has 0 aliphatic heterocycles. The standard InChI is InChI=1S/C28H30Cl2N6O4/c29-20-13-18(14-21(30)15-20)17-34-36(24-11-5-4-9-22(24)19-7-2-1-3-8-19)26(38)16-25(37)35(28(32)33)12-6-10-23(31)27(39)40/h1-5,7-9,11,13-15,23,34H,6,10,12,16-17,31H2,(H3,32,33)(H,39,40). The maximum Gasteiger partial charge on any atom is 0.320 e. The van der Waals surface area contributed by atoms with Crippen molar-refractivity contribution < 1.29 is 19.5 Å². The van der Waals surface area contributed by atoms with Gasteiger partial charge in [-0.2, -0.15) is 0 Å². The summed E-state index contributed by atoms with van der Waals surface area (Å²) >= 11 is 12.3. The summed E-state index contributed by atoms with van der Waals surface area (Å²) in [6, 6.07) is 20.6. The van der Waals surface area contributed by atoms with Crippen LogP contribution in [0.25, 0.3) is 11.1 Å². The third kappa shape index (κ3) is 8.52. The molecule has 0 saturated heterocycles. The van der Waals surface area contributed by atoms with Crippen LogP contribution in [-0.2, 0) is 20.9 Å². The van der Waals surface area contributed by atoms with Gasteiger partial charge in [0.25, 0.3) is 5.91 Å². The molecule has 0 radical (unpaired) electrons. The lowest BCUT2D eigenvalue weighted by Gasteiger charge is -2.27. The molecule has 3 aromatic carbocycles. The summed E-state index contributed by atoms with van der Waals surface area (Å²) in [6.07, 6.45) is -0.362. The number of anilines is 1. The van der Waals surface area contributed by atoms with Gasteiger partial charge in [0.05, 0.1) is 5.69 Å². The zero-order valence-corrected chi connectivity index (χ0v) is 23.0. The number of hydrogen-bond acceptors (Lipinski definition) is 6. The molecule has 1 unspecified atom stereocenters. The summed E-state index contributed by atoms with van der Waals surface area (Å²) in [5.41, 5.74) is 17.0. The largest absolute Gasteiger partial charge is 0.480 e. The van der Waals surface area contributed by atoms with Crippen molar-refractivity contribution in [2.45, 2.75) is 31.8 Å². The Hall–Kier alpha value is -3.96. The van der Waals surface area contributed by atoms with Gasteiger partial charge < -0.3 is 16.6 Å². The smallest absolute Gasteiger partial charge is 0.320 e. The number of carboxylic acid groups (broad SMARTS) is 1. The minimum Gasteiger partial charge on any atom is -0.480 e. The number of guanidine groups is 1. The van der Waals surface area contributed by atoms with E-state index in [0.717, 1.165) is 16.0 Å². The van der Waals surface area contributed by atoms with Crippen molar-refractivity contribution in [1.29, 1.82) is 5.41 Å². The lowest BCUT2D eigenvalue weighted by atomic mass is 10.0. The number of aliphatic carboxylic acids is 1. The summed E-state index contributed by atoms with van der Waals surface area (Å²) in [4.78, 5) is 38.7. The van der Waals surface area contributed by atoms with Crippen LogP contribution in [0.4, 0.5) is 5.69 Å². The van der Waals surface area contributed by atoms with Gasteiger partial charge in [0.1, 0.15) is 12.5 Å². The van der Waals surface area contributed by atoms with Gasteiger partial charge in [-0.25, -0.2) is 10.4 Å². The summed E-state index contributed by atoms with van der Waals surface area (Å²) in [6.45, 7) is 0.101. The van der Waals surface area contributed by atoms with Crippen molar-refractivity contribution >= 4 is 52.6 Å². The van der Waals surface area contributed by atoms with Crippen LogP contribution in [0.5, 0.6) is 0 Å². The molecule has 0 aromatic heterocycles. The lowest BCUT2D eigenvalue weighted by Crippen LogP contribution is -2.48. The molecular formula is C28H30Cl2N6O4. The molecular weight excluding hydrogens is 555 g/mol. The molecule has 12 heteroatoms. The van der Waals surface area contributed by atoms with Gasteiger partial charge >= 0.3 is 5.97 Å². The number of amides is 2. The first-order valence-corrected chi connectivity index (χ1v) is 13.1. The van der Waals surface area contributed by atoms with E-state index in [1.165, 1.54) is 5.01 Å². The van der Waals surface area contributed by atoms with Crippen LogP contribution < -0.4 is 21.9 Å². The monoisotopic (exact) mass is 584 g/mol. The van der Waals surface area contributed by atoms with E-state index >= 15 is 0 Å². The molecule has 0 heterocycles. The van der Waals surface area contributed by atoms with Gasteiger partial charge in [-0.1, -0.05) is 71.7 Å². The van der Waals surface area contributed by atoms with Crippen LogP contribution in [0.3, 0.4) is 0 Å². The Morgan fingerprint density at radius 3 is 2.20 bits per heavy atom. The predicted octanol–water partition coefficient (Wildman–Crippen LogP) is 4.00. The predicted molar refractivity (Wildman–Crippen MR) is 156 cm³/mol. The number of para-hydroxylation sites is 1. The second kappa shape index (κ2) is 14.4. The molecule has 0 aliphatic rings. The Morgan fingerprint density at radius 1 is 0.950 bits per heavy atom. The van der Waals surface area contributed by atoms with Gasteiger partial charge in [0.2, 0.25) is 5.91 Å². The summed E-state index contributed by atoms with van der Waals surface area (Å²) in [5, 5.41) is 18.9. The van der Waals surface area contributed by atoms with Crippen LogP contribution in [0, 0.1) is 5.41 Å². The van der Waals surface area contributed by atoms with E-state index in [2.05, 4.69) is 5.43 Å². The Kier molecular flexibility index (Phi) is 11.0. The maximum atomic E-state index is 13.6. The van der Waals surface area contributed by atoms with E-state index in [4.69, 9.17) is 45.2 Å². The molecule has 0 saturated carbocycles. The number of rotatable bonds is 12. The Morgan fingerprint density at radius 2 is 1.57 bits per heavy atom. The fourth-order valence-corrected chi connectivity index (χ4v) is 4.57. The molecule has 0 bridgehead atoms. The number of halogens is 2. The maximum absolute atomic E-state index is 13.6. The molecule has 10 nitrogen and oxygen atoms in total. The van der Waals surface area contributed by atoms with Crippen molar-refractivity contribution in [3.05, 3.63) is 88.4 Å². The highest BCUT2D eigenvalue weighted by atomic mass is 35.5. The molecule has 2 amide bonds. The Balaban J connectivity index is 1.87. The molecule has 0 spiro atoms. The highest BCUT2D eigenvalue weighted by Gasteiger charge is 2.26. The summed E-state index contributed by atoms with van der Waals surface area (Å²) in [5.74, 6) is -3.04. The summed E-state index contributed by atoms with van der Waals surface area (Å²) in [7, 11) is 0. The van der Waals surface area contributed by atoms with Crippen LogP contribution >= 0.6 is 23.2 Å². The van der Waals surface area contributed by atoms with E-state index in [-0.39, 0.29) is 25.9 Å². The van der Waals surface area contributed by atoms with E-state index in [1.807, 2.05) is 42.5 Å². The van der Waals surface area contributed by atoms with Crippen LogP contribution in [0.2, 0.25) is 10.0 Å². The molecule has 0 aliphatic carbocycles. The van der Waals surface area contributed by atoms with E-state index < -0.39 is 36.2 Å². The number of carbonyl (C=O) groups excluding carboxylic acids is 2. The van der Waals surface area contributed by atoms with Gasteiger partial charge in [0, 0.05) is 28.7 Å². The summed E-state index contributed by atoms with van der Waals surface area (Å²) < 4.78 is 0. The molecule has 3 rings (SSSR count). The number of nitrogens with two attached hydrogens (primary N) is 2. The van der Waals surface area contributed by atoms with Gasteiger partial charge in [0.15, 0.2) is 5.96 Å². The molecule has 7 N–H and O–H groups in total. The number of nitrogens with one attached hydrogen (secondary N) is 2. The number of carbonyl (C=O) groups is 3.